The Balaban J connectivity index is 1.46. The Labute approximate surface area is 208 Å². The number of hydrogen-bond acceptors (Lipinski definition) is 5. The average molecular weight is 506 g/mol. The quantitative estimate of drug-likeness (QED) is 0.327. The van der Waals surface area contributed by atoms with E-state index in [4.69, 9.17) is 5.73 Å². The molecule has 0 atom stereocenters. The van der Waals surface area contributed by atoms with E-state index in [0.717, 1.165) is 17.8 Å². The van der Waals surface area contributed by atoms with E-state index in [1.54, 1.807) is 36.3 Å². The number of pyridine rings is 1. The fourth-order valence-electron chi connectivity index (χ4n) is 4.11. The number of carbonyl (C=O) groups is 1. The number of rotatable bonds is 5. The van der Waals surface area contributed by atoms with Crippen LogP contribution in [0.3, 0.4) is 0 Å². The van der Waals surface area contributed by atoms with E-state index < -0.39 is 17.3 Å². The highest BCUT2D eigenvalue weighted by atomic mass is 19.4. The predicted octanol–water partition coefficient (Wildman–Crippen LogP) is 4.38. The maximum atomic E-state index is 13.0. The van der Waals surface area contributed by atoms with E-state index in [2.05, 4.69) is 19.9 Å². The average Bonchev–Trinajstić information content (AvgIpc) is 3.21. The molecule has 0 aliphatic rings. The zero-order chi connectivity index (χ0) is 26.3. The van der Waals surface area contributed by atoms with Gasteiger partial charge in [-0.3, -0.25) is 14.6 Å². The second kappa shape index (κ2) is 9.08. The fraction of sp³-hybridized carbons (Fsp3) is 0.154. The number of aromatic nitrogens is 4. The number of hydrogen-bond donors (Lipinski definition) is 3. The van der Waals surface area contributed by atoms with Crippen LogP contribution < -0.4 is 11.3 Å². The third-order valence-corrected chi connectivity index (χ3v) is 6.12. The molecule has 0 spiro atoms. The highest BCUT2D eigenvalue weighted by Gasteiger charge is 2.30. The molecule has 1 amide bonds. The van der Waals surface area contributed by atoms with Gasteiger partial charge < -0.3 is 20.6 Å². The monoisotopic (exact) mass is 506 g/mol. The zero-order valence-electron chi connectivity index (χ0n) is 19.6. The lowest BCUT2D eigenvalue weighted by atomic mass is 10.1. The first-order valence-corrected chi connectivity index (χ1v) is 11.3. The van der Waals surface area contributed by atoms with Crippen molar-refractivity contribution in [2.45, 2.75) is 12.6 Å². The lowest BCUT2D eigenvalue weighted by Gasteiger charge is -2.17. The molecule has 0 aliphatic heterocycles. The molecule has 0 unspecified atom stereocenters. The van der Waals surface area contributed by atoms with Gasteiger partial charge in [0.1, 0.15) is 0 Å². The van der Waals surface area contributed by atoms with Crippen LogP contribution in [0.5, 0.6) is 0 Å². The number of halogens is 3. The summed E-state index contributed by atoms with van der Waals surface area (Å²) in [6, 6.07) is 13.5. The number of nitrogens with two attached hydrogens (primary N) is 1. The molecule has 0 aliphatic carbocycles. The molecule has 0 bridgehead atoms. The number of likely N-dealkylation sites (N-methyl/N-ethyl adjacent to an activating group) is 1. The first-order valence-electron chi connectivity index (χ1n) is 11.3. The third-order valence-electron chi connectivity index (χ3n) is 6.12. The normalized spacial score (nSPS) is 11.8. The maximum absolute atomic E-state index is 13.0. The smallest absolute Gasteiger partial charge is 0.396 e. The maximum Gasteiger partial charge on any atom is 0.416 e. The number of nitrogens with one attached hydrogen (secondary N) is 2. The number of benzene rings is 2. The summed E-state index contributed by atoms with van der Waals surface area (Å²) >= 11 is 0. The predicted molar refractivity (Wildman–Crippen MR) is 134 cm³/mol. The second-order valence-electron chi connectivity index (χ2n) is 8.62. The highest BCUT2D eigenvalue weighted by molar-refractivity contribution is 6.04. The zero-order valence-corrected chi connectivity index (χ0v) is 19.6. The van der Waals surface area contributed by atoms with Crippen molar-refractivity contribution in [3.8, 4) is 11.4 Å². The third kappa shape index (κ3) is 4.63. The van der Waals surface area contributed by atoms with Gasteiger partial charge in [0.2, 0.25) is 0 Å². The molecule has 8 nitrogen and oxygen atoms in total. The van der Waals surface area contributed by atoms with Crippen molar-refractivity contribution in [3.63, 3.8) is 0 Å². The van der Waals surface area contributed by atoms with Gasteiger partial charge in [-0.1, -0.05) is 6.07 Å². The number of nitrogens with zero attached hydrogens (tertiary/aromatic N) is 3. The summed E-state index contributed by atoms with van der Waals surface area (Å²) in [6.45, 7) is 0.466. The van der Waals surface area contributed by atoms with E-state index in [1.807, 2.05) is 18.2 Å². The largest absolute Gasteiger partial charge is 0.416 e. The van der Waals surface area contributed by atoms with Crippen molar-refractivity contribution in [1.82, 2.24) is 24.8 Å². The van der Waals surface area contributed by atoms with Crippen molar-refractivity contribution in [2.24, 2.45) is 0 Å². The Morgan fingerprint density at radius 1 is 1.05 bits per heavy atom. The van der Waals surface area contributed by atoms with Crippen molar-refractivity contribution in [3.05, 3.63) is 88.0 Å². The van der Waals surface area contributed by atoms with Gasteiger partial charge in [0.25, 0.3) is 11.5 Å². The Bertz CT molecular complexity index is 1690. The molecule has 5 rings (SSSR count). The number of alkyl halides is 3. The minimum absolute atomic E-state index is 0.0418. The second-order valence-corrected chi connectivity index (χ2v) is 8.62. The van der Waals surface area contributed by atoms with Crippen molar-refractivity contribution < 1.29 is 18.0 Å². The van der Waals surface area contributed by atoms with Gasteiger partial charge in [-0.05, 0) is 48.5 Å². The summed E-state index contributed by atoms with van der Waals surface area (Å²) in [6.07, 6.45) is -2.25. The summed E-state index contributed by atoms with van der Waals surface area (Å²) in [4.78, 5) is 41.3. The Hall–Kier alpha value is -4.67. The molecule has 0 saturated heterocycles. The molecule has 188 valence electrons. The number of nitrogen functional groups attached to an aromatic ring is 1. The number of anilines is 1. The van der Waals surface area contributed by atoms with Crippen LogP contribution in [-0.4, -0.2) is 44.3 Å². The van der Waals surface area contributed by atoms with Crippen LogP contribution in [0.25, 0.3) is 33.3 Å². The fourth-order valence-corrected chi connectivity index (χ4v) is 4.11. The molecular weight excluding hydrogens is 485 g/mol. The van der Waals surface area contributed by atoms with Crippen molar-refractivity contribution in [2.75, 3.05) is 19.3 Å². The van der Waals surface area contributed by atoms with Gasteiger partial charge >= 0.3 is 6.18 Å². The SMILES string of the molecule is CN(CCc1ccccn1)C(=O)c1ccc2[nH]c(-c3nc4ccc(C(F)(F)F)cc4[nH]c3=O)c(N)c2c1. The van der Waals surface area contributed by atoms with Crippen molar-refractivity contribution >= 4 is 33.5 Å². The summed E-state index contributed by atoms with van der Waals surface area (Å²) < 4.78 is 39.1. The van der Waals surface area contributed by atoms with Crippen LogP contribution in [0.1, 0.15) is 21.6 Å². The van der Waals surface area contributed by atoms with Crippen LogP contribution in [-0.2, 0) is 12.6 Å². The Morgan fingerprint density at radius 3 is 2.59 bits per heavy atom. The van der Waals surface area contributed by atoms with Gasteiger partial charge in [-0.2, -0.15) is 13.2 Å². The Morgan fingerprint density at radius 2 is 1.86 bits per heavy atom. The molecular formula is C26H21F3N6O2. The van der Waals surface area contributed by atoms with E-state index in [9.17, 15) is 22.8 Å². The van der Waals surface area contributed by atoms with Crippen LogP contribution in [0.15, 0.2) is 65.6 Å². The number of aromatic amines is 2. The molecule has 0 radical (unpaired) electrons. The number of carbonyl (C=O) groups excluding carboxylic acids is 1. The van der Waals surface area contributed by atoms with Gasteiger partial charge in [0, 0.05) is 48.4 Å². The van der Waals surface area contributed by atoms with Crippen LogP contribution in [0.2, 0.25) is 0 Å². The minimum Gasteiger partial charge on any atom is -0.396 e. The van der Waals surface area contributed by atoms with Crippen LogP contribution in [0.4, 0.5) is 18.9 Å². The molecule has 0 saturated carbocycles. The minimum atomic E-state index is -4.55. The van der Waals surface area contributed by atoms with Gasteiger partial charge in [-0.25, -0.2) is 4.98 Å². The van der Waals surface area contributed by atoms with Gasteiger partial charge in [0.05, 0.1) is 28.0 Å². The Kier molecular flexibility index (Phi) is 5.90. The molecule has 4 N–H and O–H groups in total. The molecule has 3 aromatic heterocycles. The standard InChI is InChI=1S/C26H21F3N6O2/c1-35(11-9-16-4-2-3-10-31-16)25(37)14-5-7-18-17(12-14)21(30)22(32-18)23-24(36)34-20-13-15(26(27,28)29)6-8-19(20)33-23/h2-8,10,12-13,32H,9,11,30H2,1H3,(H,34,36). The van der Waals surface area contributed by atoms with Gasteiger partial charge in [0.15, 0.2) is 5.69 Å². The highest BCUT2D eigenvalue weighted by Crippen LogP contribution is 2.33. The first kappa shape index (κ1) is 24.0. The molecule has 11 heteroatoms. The molecule has 2 aromatic carbocycles. The van der Waals surface area contributed by atoms with Crippen LogP contribution in [0, 0.1) is 0 Å². The van der Waals surface area contributed by atoms with Crippen LogP contribution >= 0.6 is 0 Å². The van der Waals surface area contributed by atoms with E-state index in [0.29, 0.717) is 29.4 Å². The molecule has 3 heterocycles. The van der Waals surface area contributed by atoms with Gasteiger partial charge in [-0.15, -0.1) is 0 Å². The van der Waals surface area contributed by atoms with E-state index in [-0.39, 0.29) is 34.0 Å². The number of amides is 1. The lowest BCUT2D eigenvalue weighted by molar-refractivity contribution is -0.137. The number of fused-ring (bicyclic) bond motifs is 2. The molecule has 5 aromatic rings. The molecule has 37 heavy (non-hydrogen) atoms. The van der Waals surface area contributed by atoms with E-state index >= 15 is 0 Å². The van der Waals surface area contributed by atoms with Crippen molar-refractivity contribution in [1.29, 1.82) is 0 Å². The van der Waals surface area contributed by atoms with E-state index in [1.165, 1.54) is 6.07 Å². The molecule has 0 fully saturated rings. The summed E-state index contributed by atoms with van der Waals surface area (Å²) in [5.41, 5.74) is 7.09. The summed E-state index contributed by atoms with van der Waals surface area (Å²) in [5, 5.41) is 0.521. The summed E-state index contributed by atoms with van der Waals surface area (Å²) in [7, 11) is 1.70. The summed E-state index contributed by atoms with van der Waals surface area (Å²) in [5.74, 6) is -0.206. The lowest BCUT2D eigenvalue weighted by Crippen LogP contribution is -2.29. The first-order chi connectivity index (χ1) is 17.6. The topological polar surface area (TPSA) is 121 Å². The number of H-pyrrole nitrogens is 2.